The molecule has 1 saturated carbocycles. The van der Waals surface area contributed by atoms with Crippen molar-refractivity contribution in [3.05, 3.63) is 23.7 Å². The monoisotopic (exact) mass is 202 g/mol. The molecule has 15 heavy (non-hydrogen) atoms. The van der Waals surface area contributed by atoms with Crippen molar-refractivity contribution in [1.82, 2.24) is 15.0 Å². The largest absolute Gasteiger partial charge is 0.340 e. The number of imidazole rings is 1. The Balaban J connectivity index is 2.02. The molecule has 0 aliphatic heterocycles. The van der Waals surface area contributed by atoms with Crippen LogP contribution in [0.1, 0.15) is 30.1 Å². The SMILES string of the molecule is NCCc1cnc2nc(C3CC3)[nH]c2c1. The zero-order valence-corrected chi connectivity index (χ0v) is 8.53. The third kappa shape index (κ3) is 1.61. The van der Waals surface area contributed by atoms with Crippen LogP contribution in [0.2, 0.25) is 0 Å². The molecule has 2 aromatic rings. The molecule has 4 heteroatoms. The van der Waals surface area contributed by atoms with Crippen LogP contribution in [0.25, 0.3) is 11.2 Å². The van der Waals surface area contributed by atoms with Crippen molar-refractivity contribution in [2.24, 2.45) is 5.73 Å². The summed E-state index contributed by atoms with van der Waals surface area (Å²) in [5.74, 6) is 1.75. The molecule has 1 aliphatic rings. The van der Waals surface area contributed by atoms with Gasteiger partial charge in [-0.2, -0.15) is 0 Å². The van der Waals surface area contributed by atoms with Crippen LogP contribution in [-0.4, -0.2) is 21.5 Å². The first-order valence-corrected chi connectivity index (χ1v) is 5.41. The van der Waals surface area contributed by atoms with Crippen LogP contribution in [0.4, 0.5) is 0 Å². The molecule has 1 aliphatic carbocycles. The Morgan fingerprint density at radius 3 is 3.07 bits per heavy atom. The van der Waals surface area contributed by atoms with E-state index < -0.39 is 0 Å². The summed E-state index contributed by atoms with van der Waals surface area (Å²) in [4.78, 5) is 12.2. The van der Waals surface area contributed by atoms with E-state index in [1.807, 2.05) is 6.20 Å². The van der Waals surface area contributed by atoms with Gasteiger partial charge in [-0.05, 0) is 37.4 Å². The highest BCUT2D eigenvalue weighted by Crippen LogP contribution is 2.38. The van der Waals surface area contributed by atoms with E-state index in [9.17, 15) is 0 Å². The van der Waals surface area contributed by atoms with Gasteiger partial charge in [-0.25, -0.2) is 9.97 Å². The van der Waals surface area contributed by atoms with Gasteiger partial charge in [0, 0.05) is 12.1 Å². The van der Waals surface area contributed by atoms with Crippen molar-refractivity contribution in [1.29, 1.82) is 0 Å². The van der Waals surface area contributed by atoms with Gasteiger partial charge in [0.2, 0.25) is 0 Å². The number of H-pyrrole nitrogens is 1. The van der Waals surface area contributed by atoms with Crippen molar-refractivity contribution >= 4 is 11.2 Å². The fraction of sp³-hybridized carbons (Fsp3) is 0.455. The van der Waals surface area contributed by atoms with E-state index in [0.29, 0.717) is 12.5 Å². The molecule has 2 heterocycles. The van der Waals surface area contributed by atoms with Crippen LogP contribution in [-0.2, 0) is 6.42 Å². The third-order valence-electron chi connectivity index (χ3n) is 2.81. The van der Waals surface area contributed by atoms with E-state index in [0.717, 1.165) is 23.4 Å². The second-order valence-corrected chi connectivity index (χ2v) is 4.15. The summed E-state index contributed by atoms with van der Waals surface area (Å²) >= 11 is 0. The van der Waals surface area contributed by atoms with Crippen LogP contribution in [0.3, 0.4) is 0 Å². The van der Waals surface area contributed by atoms with Crippen molar-refractivity contribution < 1.29 is 0 Å². The van der Waals surface area contributed by atoms with Crippen LogP contribution in [0.15, 0.2) is 12.3 Å². The van der Waals surface area contributed by atoms with Gasteiger partial charge in [0.15, 0.2) is 5.65 Å². The number of rotatable bonds is 3. The number of pyridine rings is 1. The Kier molecular flexibility index (Phi) is 1.95. The highest BCUT2D eigenvalue weighted by Gasteiger charge is 2.26. The maximum Gasteiger partial charge on any atom is 0.177 e. The van der Waals surface area contributed by atoms with Gasteiger partial charge in [-0.3, -0.25) is 0 Å². The van der Waals surface area contributed by atoms with Crippen LogP contribution < -0.4 is 5.73 Å². The molecule has 0 saturated heterocycles. The lowest BCUT2D eigenvalue weighted by molar-refractivity contribution is 0.962. The van der Waals surface area contributed by atoms with Crippen molar-refractivity contribution in [3.63, 3.8) is 0 Å². The second kappa shape index (κ2) is 3.31. The molecule has 0 spiro atoms. The molecular weight excluding hydrogens is 188 g/mol. The molecule has 0 aromatic carbocycles. The average Bonchev–Trinajstić information content (AvgIpc) is 2.99. The first-order valence-electron chi connectivity index (χ1n) is 5.41. The summed E-state index contributed by atoms with van der Waals surface area (Å²) in [7, 11) is 0. The molecule has 0 radical (unpaired) electrons. The first-order chi connectivity index (χ1) is 7.36. The second-order valence-electron chi connectivity index (χ2n) is 4.15. The number of aromatic nitrogens is 3. The Bertz CT molecular complexity index is 484. The number of fused-ring (bicyclic) bond motifs is 1. The quantitative estimate of drug-likeness (QED) is 0.789. The Labute approximate surface area is 87.9 Å². The molecular formula is C11H14N4. The van der Waals surface area contributed by atoms with Crippen molar-refractivity contribution in [3.8, 4) is 0 Å². The van der Waals surface area contributed by atoms with Gasteiger partial charge in [0.1, 0.15) is 5.82 Å². The van der Waals surface area contributed by atoms with Gasteiger partial charge in [-0.15, -0.1) is 0 Å². The number of hydrogen-bond donors (Lipinski definition) is 2. The highest BCUT2D eigenvalue weighted by molar-refractivity contribution is 5.71. The molecule has 4 nitrogen and oxygen atoms in total. The topological polar surface area (TPSA) is 67.6 Å². The minimum atomic E-state index is 0.650. The molecule has 0 atom stereocenters. The van der Waals surface area contributed by atoms with E-state index in [4.69, 9.17) is 5.73 Å². The van der Waals surface area contributed by atoms with Gasteiger partial charge in [0.05, 0.1) is 5.52 Å². The highest BCUT2D eigenvalue weighted by atomic mass is 15.0. The lowest BCUT2D eigenvalue weighted by atomic mass is 10.2. The zero-order valence-electron chi connectivity index (χ0n) is 8.53. The van der Waals surface area contributed by atoms with Gasteiger partial charge >= 0.3 is 0 Å². The molecule has 0 bridgehead atoms. The smallest absolute Gasteiger partial charge is 0.177 e. The molecule has 3 rings (SSSR count). The summed E-state index contributed by atoms with van der Waals surface area (Å²) in [6, 6.07) is 2.11. The minimum absolute atomic E-state index is 0.650. The molecule has 0 unspecified atom stereocenters. The van der Waals surface area contributed by atoms with E-state index in [1.54, 1.807) is 0 Å². The maximum atomic E-state index is 5.51. The van der Waals surface area contributed by atoms with Gasteiger partial charge < -0.3 is 10.7 Å². The lowest BCUT2D eigenvalue weighted by Gasteiger charge is -1.96. The minimum Gasteiger partial charge on any atom is -0.340 e. The van der Waals surface area contributed by atoms with Crippen LogP contribution in [0.5, 0.6) is 0 Å². The van der Waals surface area contributed by atoms with Crippen LogP contribution >= 0.6 is 0 Å². The summed E-state index contributed by atoms with van der Waals surface area (Å²) in [5.41, 5.74) is 8.57. The fourth-order valence-electron chi connectivity index (χ4n) is 1.82. The number of nitrogens with zero attached hydrogens (tertiary/aromatic N) is 2. The van der Waals surface area contributed by atoms with Crippen LogP contribution in [0, 0.1) is 0 Å². The van der Waals surface area contributed by atoms with Gasteiger partial charge in [-0.1, -0.05) is 0 Å². The van der Waals surface area contributed by atoms with Gasteiger partial charge in [0.25, 0.3) is 0 Å². The predicted octanol–water partition coefficient (Wildman–Crippen LogP) is 1.34. The number of hydrogen-bond acceptors (Lipinski definition) is 3. The standard InChI is InChI=1S/C11H14N4/c12-4-3-7-5-9-11(13-6-7)15-10(14-9)8-1-2-8/h5-6,8H,1-4,12H2,(H,13,14,15). The summed E-state index contributed by atoms with van der Waals surface area (Å²) < 4.78 is 0. The number of aromatic amines is 1. The predicted molar refractivity (Wildman–Crippen MR) is 58.6 cm³/mol. The van der Waals surface area contributed by atoms with E-state index in [-0.39, 0.29) is 0 Å². The fourth-order valence-corrected chi connectivity index (χ4v) is 1.82. The van der Waals surface area contributed by atoms with Crippen molar-refractivity contribution in [2.75, 3.05) is 6.54 Å². The lowest BCUT2D eigenvalue weighted by Crippen LogP contribution is -2.02. The van der Waals surface area contributed by atoms with E-state index in [2.05, 4.69) is 21.0 Å². The molecule has 3 N–H and O–H groups in total. The molecule has 2 aromatic heterocycles. The number of nitrogens with two attached hydrogens (primary N) is 1. The Morgan fingerprint density at radius 1 is 1.47 bits per heavy atom. The zero-order chi connectivity index (χ0) is 10.3. The molecule has 1 fully saturated rings. The van der Waals surface area contributed by atoms with E-state index in [1.165, 1.54) is 18.4 Å². The van der Waals surface area contributed by atoms with E-state index >= 15 is 0 Å². The normalized spacial score (nSPS) is 16.1. The number of nitrogens with one attached hydrogen (secondary N) is 1. The Hall–Kier alpha value is -1.42. The maximum absolute atomic E-state index is 5.51. The Morgan fingerprint density at radius 2 is 2.33 bits per heavy atom. The molecule has 0 amide bonds. The first kappa shape index (κ1) is 8.85. The molecule has 78 valence electrons. The van der Waals surface area contributed by atoms with Crippen molar-refractivity contribution in [2.45, 2.75) is 25.2 Å². The summed E-state index contributed by atoms with van der Waals surface area (Å²) in [5, 5.41) is 0. The summed E-state index contributed by atoms with van der Waals surface area (Å²) in [6.45, 7) is 0.663. The summed E-state index contributed by atoms with van der Waals surface area (Å²) in [6.07, 6.45) is 5.26. The third-order valence-corrected chi connectivity index (χ3v) is 2.81. The average molecular weight is 202 g/mol.